The summed E-state index contributed by atoms with van der Waals surface area (Å²) < 4.78 is 29.3. The minimum atomic E-state index is -4.22. The van der Waals surface area contributed by atoms with Crippen molar-refractivity contribution in [2.24, 2.45) is 11.7 Å². The molecule has 2 aromatic rings. The molecule has 0 aromatic heterocycles. The second-order valence-corrected chi connectivity index (χ2v) is 12.1. The van der Waals surface area contributed by atoms with E-state index in [2.05, 4.69) is 10.0 Å². The number of carbonyl (C=O) groups is 3. The summed E-state index contributed by atoms with van der Waals surface area (Å²) in [4.78, 5) is 40.9. The lowest BCUT2D eigenvalue weighted by Gasteiger charge is -2.33. The molecular weight excluding hydrogens is 548 g/mol. The molecule has 2 atom stereocenters. The molecule has 2 amide bonds. The van der Waals surface area contributed by atoms with E-state index in [1.54, 1.807) is 23.1 Å². The van der Waals surface area contributed by atoms with Gasteiger partial charge in [-0.15, -0.1) is 0 Å². The van der Waals surface area contributed by atoms with Crippen molar-refractivity contribution >= 4 is 44.5 Å². The zero-order valence-corrected chi connectivity index (χ0v) is 24.2. The SMILES string of the molecule is CCCCN(CCC(=O)O)C(=O)[C@H](CC(=O)NC[C@@H]1CCCN(C(=N)N)C1)NS(=O)(=O)c1ccc2ccccc2c1. The number of sulfonamides is 1. The number of nitrogens with zero attached hydrogens (tertiary/aromatic N) is 2. The van der Waals surface area contributed by atoms with Gasteiger partial charge in [0.25, 0.3) is 0 Å². The topological polar surface area (TPSA) is 186 Å². The maximum absolute atomic E-state index is 13.6. The Labute approximate surface area is 240 Å². The highest BCUT2D eigenvalue weighted by Gasteiger charge is 2.32. The molecule has 6 N–H and O–H groups in total. The summed E-state index contributed by atoms with van der Waals surface area (Å²) in [5.74, 6) is -2.23. The third-order valence-corrected chi connectivity index (χ3v) is 8.62. The molecule has 0 radical (unpaired) electrons. The van der Waals surface area contributed by atoms with E-state index in [0.717, 1.165) is 24.6 Å². The van der Waals surface area contributed by atoms with Crippen LogP contribution in [0.4, 0.5) is 0 Å². The number of amides is 2. The molecule has 12 nitrogen and oxygen atoms in total. The Balaban J connectivity index is 1.80. The largest absolute Gasteiger partial charge is 0.481 e. The Kier molecular flexibility index (Phi) is 11.5. The molecule has 13 heteroatoms. The van der Waals surface area contributed by atoms with Gasteiger partial charge in [-0.2, -0.15) is 4.72 Å². The van der Waals surface area contributed by atoms with Gasteiger partial charge in [-0.05, 0) is 48.1 Å². The van der Waals surface area contributed by atoms with Gasteiger partial charge in [0.2, 0.25) is 21.8 Å². The third-order valence-electron chi connectivity index (χ3n) is 7.15. The molecule has 0 saturated carbocycles. The van der Waals surface area contributed by atoms with E-state index in [1.807, 2.05) is 19.1 Å². The Morgan fingerprint density at radius 1 is 1.17 bits per heavy atom. The van der Waals surface area contributed by atoms with E-state index in [9.17, 15) is 27.9 Å². The fourth-order valence-corrected chi connectivity index (χ4v) is 6.09. The van der Waals surface area contributed by atoms with Crippen LogP contribution in [0.3, 0.4) is 0 Å². The molecule has 1 aliphatic rings. The Hall–Kier alpha value is -3.71. The summed E-state index contributed by atoms with van der Waals surface area (Å²) in [5.41, 5.74) is 5.61. The van der Waals surface area contributed by atoms with Gasteiger partial charge in [0, 0.05) is 32.7 Å². The number of likely N-dealkylation sites (tertiary alicyclic amines) is 1. The van der Waals surface area contributed by atoms with Gasteiger partial charge in [-0.25, -0.2) is 8.42 Å². The number of piperidine rings is 1. The van der Waals surface area contributed by atoms with Gasteiger partial charge in [-0.3, -0.25) is 19.8 Å². The number of nitrogens with one attached hydrogen (secondary N) is 3. The van der Waals surface area contributed by atoms with Crippen molar-refractivity contribution in [2.75, 3.05) is 32.7 Å². The minimum Gasteiger partial charge on any atom is -0.481 e. The van der Waals surface area contributed by atoms with Crippen molar-refractivity contribution in [2.45, 2.75) is 56.4 Å². The first-order valence-electron chi connectivity index (χ1n) is 13.9. The highest BCUT2D eigenvalue weighted by atomic mass is 32.2. The average Bonchev–Trinajstić information content (AvgIpc) is 2.95. The van der Waals surface area contributed by atoms with Gasteiger partial charge in [0.15, 0.2) is 5.96 Å². The predicted molar refractivity (Wildman–Crippen MR) is 156 cm³/mol. The van der Waals surface area contributed by atoms with Crippen LogP contribution in [0, 0.1) is 11.3 Å². The van der Waals surface area contributed by atoms with Crippen LogP contribution >= 0.6 is 0 Å². The maximum atomic E-state index is 13.6. The molecular formula is C28H40N6O6S. The number of rotatable bonds is 14. The molecule has 0 spiro atoms. The highest BCUT2D eigenvalue weighted by Crippen LogP contribution is 2.20. The van der Waals surface area contributed by atoms with Crippen molar-refractivity contribution in [3.05, 3.63) is 42.5 Å². The van der Waals surface area contributed by atoms with E-state index in [-0.39, 0.29) is 36.3 Å². The van der Waals surface area contributed by atoms with Crippen molar-refractivity contribution in [1.29, 1.82) is 5.41 Å². The van der Waals surface area contributed by atoms with Gasteiger partial charge in [0.1, 0.15) is 6.04 Å². The fourth-order valence-electron chi connectivity index (χ4n) is 4.87. The lowest BCUT2D eigenvalue weighted by atomic mass is 9.98. The molecule has 1 saturated heterocycles. The molecule has 0 aliphatic carbocycles. The van der Waals surface area contributed by atoms with E-state index in [4.69, 9.17) is 11.1 Å². The van der Waals surface area contributed by atoms with Crippen LogP contribution in [0.2, 0.25) is 0 Å². The summed E-state index contributed by atoms with van der Waals surface area (Å²) in [6.45, 7) is 3.54. The summed E-state index contributed by atoms with van der Waals surface area (Å²) in [7, 11) is -4.22. The van der Waals surface area contributed by atoms with E-state index in [1.165, 1.54) is 17.0 Å². The number of guanidine groups is 1. The zero-order chi connectivity index (χ0) is 30.0. The fraction of sp³-hybridized carbons (Fsp3) is 0.500. The number of carbonyl (C=O) groups excluding carboxylic acids is 2. The molecule has 0 unspecified atom stereocenters. The lowest BCUT2D eigenvalue weighted by Crippen LogP contribution is -2.51. The number of carboxylic acids is 1. The van der Waals surface area contributed by atoms with Crippen molar-refractivity contribution in [1.82, 2.24) is 19.8 Å². The van der Waals surface area contributed by atoms with Gasteiger partial charge >= 0.3 is 5.97 Å². The summed E-state index contributed by atoms with van der Waals surface area (Å²) in [6.07, 6.45) is 2.23. The Bertz CT molecular complexity index is 1350. The first-order valence-corrected chi connectivity index (χ1v) is 15.4. The number of hydrogen-bond donors (Lipinski definition) is 5. The highest BCUT2D eigenvalue weighted by molar-refractivity contribution is 7.89. The number of aliphatic carboxylic acids is 1. The molecule has 1 aliphatic heterocycles. The number of nitrogens with two attached hydrogens (primary N) is 1. The predicted octanol–water partition coefficient (Wildman–Crippen LogP) is 1.70. The van der Waals surface area contributed by atoms with Gasteiger partial charge in [0.05, 0.1) is 17.7 Å². The summed E-state index contributed by atoms with van der Waals surface area (Å²) >= 11 is 0. The minimum absolute atomic E-state index is 0.0247. The van der Waals surface area contributed by atoms with Crippen LogP contribution in [0.5, 0.6) is 0 Å². The number of benzene rings is 2. The molecule has 0 bridgehead atoms. The summed E-state index contributed by atoms with van der Waals surface area (Å²) in [6, 6.07) is 10.4. The lowest BCUT2D eigenvalue weighted by molar-refractivity contribution is -0.140. The molecule has 224 valence electrons. The maximum Gasteiger partial charge on any atom is 0.305 e. The smallest absolute Gasteiger partial charge is 0.305 e. The van der Waals surface area contributed by atoms with Crippen molar-refractivity contribution in [3.63, 3.8) is 0 Å². The standard InChI is InChI=1S/C28H40N6O6S/c1-2-3-13-33(15-12-26(36)37)27(38)24(17-25(35)31-18-20-7-6-14-34(19-20)28(29)30)32-41(39,40)23-11-10-21-8-4-5-9-22(21)16-23/h4-5,8-11,16,20,24,32H,2-3,6-7,12-15,17-19H2,1H3,(H3,29,30)(H,31,35)(H,36,37)/t20-,24-/m0/s1. The van der Waals surface area contributed by atoms with Gasteiger partial charge < -0.3 is 26.0 Å². The number of hydrogen-bond acceptors (Lipinski definition) is 6. The normalized spacial score (nSPS) is 16.2. The van der Waals surface area contributed by atoms with Crippen LogP contribution in [0.25, 0.3) is 10.8 Å². The van der Waals surface area contributed by atoms with Crippen molar-refractivity contribution in [3.8, 4) is 0 Å². The van der Waals surface area contributed by atoms with E-state index < -0.39 is 40.3 Å². The quantitative estimate of drug-likeness (QED) is 0.163. The van der Waals surface area contributed by atoms with Crippen LogP contribution in [0.1, 0.15) is 45.4 Å². The molecule has 1 fully saturated rings. The number of fused-ring (bicyclic) bond motifs is 1. The average molecular weight is 589 g/mol. The second kappa shape index (κ2) is 14.8. The van der Waals surface area contributed by atoms with E-state index in [0.29, 0.717) is 31.4 Å². The van der Waals surface area contributed by atoms with Crippen LogP contribution in [-0.4, -0.2) is 85.8 Å². The summed E-state index contributed by atoms with van der Waals surface area (Å²) in [5, 5.41) is 21.2. The molecule has 1 heterocycles. The van der Waals surface area contributed by atoms with Crippen LogP contribution in [-0.2, 0) is 24.4 Å². The molecule has 2 aromatic carbocycles. The molecule has 41 heavy (non-hydrogen) atoms. The van der Waals surface area contributed by atoms with Crippen LogP contribution < -0.4 is 15.8 Å². The second-order valence-electron chi connectivity index (χ2n) is 10.4. The van der Waals surface area contributed by atoms with Crippen molar-refractivity contribution < 1.29 is 27.9 Å². The first-order chi connectivity index (χ1) is 19.5. The Morgan fingerprint density at radius 3 is 2.59 bits per heavy atom. The number of carboxylic acid groups (broad SMARTS) is 1. The number of unbranched alkanes of at least 4 members (excludes halogenated alkanes) is 1. The first kappa shape index (κ1) is 31.8. The van der Waals surface area contributed by atoms with Crippen LogP contribution in [0.15, 0.2) is 47.4 Å². The monoisotopic (exact) mass is 588 g/mol. The zero-order valence-electron chi connectivity index (χ0n) is 23.3. The third kappa shape index (κ3) is 9.42. The van der Waals surface area contributed by atoms with Gasteiger partial charge in [-0.1, -0.05) is 43.7 Å². The molecule has 3 rings (SSSR count). The van der Waals surface area contributed by atoms with E-state index >= 15 is 0 Å². The Morgan fingerprint density at radius 2 is 1.90 bits per heavy atom.